The van der Waals surface area contributed by atoms with E-state index in [1.807, 2.05) is 35.2 Å². The van der Waals surface area contributed by atoms with E-state index in [0.29, 0.717) is 11.6 Å². The van der Waals surface area contributed by atoms with Crippen molar-refractivity contribution in [2.75, 3.05) is 20.2 Å². The molecule has 0 aliphatic carbocycles. The number of fused-ring (bicyclic) bond motifs is 1. The molecule has 110 valence electrons. The molecule has 21 heavy (non-hydrogen) atoms. The highest BCUT2D eigenvalue weighted by atomic mass is 16.5. The van der Waals surface area contributed by atoms with Crippen molar-refractivity contribution < 1.29 is 9.53 Å². The number of carbonyl (C=O) groups excluding carboxylic acids is 1. The van der Waals surface area contributed by atoms with Crippen LogP contribution in [0.4, 0.5) is 0 Å². The molecule has 1 saturated heterocycles. The molecule has 2 aromatic rings. The number of nitrogens with one attached hydrogen (secondary N) is 1. The van der Waals surface area contributed by atoms with Crippen molar-refractivity contribution in [1.82, 2.24) is 9.88 Å². The van der Waals surface area contributed by atoms with Gasteiger partial charge in [-0.2, -0.15) is 0 Å². The molecular formula is C17H20N2O2. The second-order valence-corrected chi connectivity index (χ2v) is 5.49. The van der Waals surface area contributed by atoms with Gasteiger partial charge < -0.3 is 14.6 Å². The summed E-state index contributed by atoms with van der Waals surface area (Å²) >= 11 is 0. The standard InChI is InChI=1S/C17H20N2O2/c1-3-12-6-5-9-19(11-12)17(20)15-10-13-14(18-15)7-4-8-16(13)21-2/h3-4,7-8,10,12,18H,1,5-6,9,11H2,2H3/t12-/m1/s1. The predicted octanol–water partition coefficient (Wildman–Crippen LogP) is 3.21. The summed E-state index contributed by atoms with van der Waals surface area (Å²) in [7, 11) is 1.64. The maximum absolute atomic E-state index is 12.7. The van der Waals surface area contributed by atoms with Crippen molar-refractivity contribution in [2.45, 2.75) is 12.8 Å². The molecule has 4 nitrogen and oxygen atoms in total. The monoisotopic (exact) mass is 284 g/mol. The molecule has 0 saturated carbocycles. The Hall–Kier alpha value is -2.23. The number of hydrogen-bond donors (Lipinski definition) is 1. The zero-order valence-corrected chi connectivity index (χ0v) is 12.3. The Balaban J connectivity index is 1.89. The summed E-state index contributed by atoms with van der Waals surface area (Å²) < 4.78 is 5.34. The van der Waals surface area contributed by atoms with Gasteiger partial charge in [0.1, 0.15) is 11.4 Å². The maximum Gasteiger partial charge on any atom is 0.270 e. The second kappa shape index (κ2) is 5.64. The van der Waals surface area contributed by atoms with Crippen LogP contribution in [0, 0.1) is 5.92 Å². The number of H-pyrrole nitrogens is 1. The van der Waals surface area contributed by atoms with Crippen molar-refractivity contribution >= 4 is 16.8 Å². The van der Waals surface area contributed by atoms with E-state index < -0.39 is 0 Å². The summed E-state index contributed by atoms with van der Waals surface area (Å²) in [6, 6.07) is 7.66. The average Bonchev–Trinajstić information content (AvgIpc) is 2.98. The molecule has 1 atom stereocenters. The van der Waals surface area contributed by atoms with Crippen LogP contribution >= 0.6 is 0 Å². The Morgan fingerprint density at radius 1 is 1.52 bits per heavy atom. The van der Waals surface area contributed by atoms with Gasteiger partial charge in [0.25, 0.3) is 5.91 Å². The normalized spacial score (nSPS) is 18.7. The van der Waals surface area contributed by atoms with Crippen LogP contribution in [-0.4, -0.2) is 36.0 Å². The number of amides is 1. The van der Waals surface area contributed by atoms with E-state index in [4.69, 9.17) is 4.74 Å². The lowest BCUT2D eigenvalue weighted by Gasteiger charge is -2.30. The first-order valence-electron chi connectivity index (χ1n) is 7.30. The van der Waals surface area contributed by atoms with Crippen molar-refractivity contribution in [3.05, 3.63) is 42.6 Å². The minimum atomic E-state index is 0.0554. The SMILES string of the molecule is C=C[C@@H]1CCCN(C(=O)c2cc3c(OC)cccc3[nH]2)C1. The number of piperidine rings is 1. The first-order valence-corrected chi connectivity index (χ1v) is 7.30. The number of carbonyl (C=O) groups is 1. The van der Waals surface area contributed by atoms with Gasteiger partial charge in [-0.05, 0) is 37.0 Å². The van der Waals surface area contributed by atoms with E-state index >= 15 is 0 Å². The summed E-state index contributed by atoms with van der Waals surface area (Å²) in [6.07, 6.45) is 4.10. The Labute approximate surface area is 124 Å². The molecule has 0 spiro atoms. The molecule has 0 radical (unpaired) electrons. The molecule has 2 heterocycles. The number of aromatic amines is 1. The smallest absolute Gasteiger partial charge is 0.270 e. The lowest BCUT2D eigenvalue weighted by molar-refractivity contribution is 0.0691. The van der Waals surface area contributed by atoms with Crippen LogP contribution in [0.15, 0.2) is 36.9 Å². The summed E-state index contributed by atoms with van der Waals surface area (Å²) in [5.41, 5.74) is 1.55. The van der Waals surface area contributed by atoms with Crippen LogP contribution < -0.4 is 4.74 Å². The second-order valence-electron chi connectivity index (χ2n) is 5.49. The van der Waals surface area contributed by atoms with E-state index in [1.54, 1.807) is 7.11 Å². The molecule has 1 aromatic carbocycles. The van der Waals surface area contributed by atoms with Crippen LogP contribution in [0.2, 0.25) is 0 Å². The lowest BCUT2D eigenvalue weighted by atomic mass is 9.98. The number of benzene rings is 1. The van der Waals surface area contributed by atoms with Crippen molar-refractivity contribution in [3.63, 3.8) is 0 Å². The summed E-state index contributed by atoms with van der Waals surface area (Å²) in [6.45, 7) is 5.42. The highest BCUT2D eigenvalue weighted by Crippen LogP contribution is 2.27. The van der Waals surface area contributed by atoms with Gasteiger partial charge in [0, 0.05) is 24.0 Å². The van der Waals surface area contributed by atoms with Gasteiger partial charge in [0.05, 0.1) is 7.11 Å². The molecule has 4 heteroatoms. The van der Waals surface area contributed by atoms with Crippen LogP contribution in [0.3, 0.4) is 0 Å². The third kappa shape index (κ3) is 2.53. The number of aromatic nitrogens is 1. The van der Waals surface area contributed by atoms with Gasteiger partial charge in [0.2, 0.25) is 0 Å². The topological polar surface area (TPSA) is 45.3 Å². The number of nitrogens with zero attached hydrogens (tertiary/aromatic N) is 1. The molecule has 3 rings (SSSR count). The van der Waals surface area contributed by atoms with Gasteiger partial charge in [-0.15, -0.1) is 6.58 Å². The Kier molecular flexibility index (Phi) is 3.69. The highest BCUT2D eigenvalue weighted by molar-refractivity contribution is 5.99. The van der Waals surface area contributed by atoms with Gasteiger partial charge in [0.15, 0.2) is 0 Å². The van der Waals surface area contributed by atoms with Crippen LogP contribution in [0.1, 0.15) is 23.3 Å². The number of rotatable bonds is 3. The van der Waals surface area contributed by atoms with E-state index in [0.717, 1.165) is 42.6 Å². The predicted molar refractivity (Wildman–Crippen MR) is 83.7 cm³/mol. The fourth-order valence-electron chi connectivity index (χ4n) is 2.98. The summed E-state index contributed by atoms with van der Waals surface area (Å²) in [5.74, 6) is 1.24. The molecule has 1 aromatic heterocycles. The zero-order valence-electron chi connectivity index (χ0n) is 12.3. The Morgan fingerprint density at radius 3 is 3.14 bits per heavy atom. The minimum Gasteiger partial charge on any atom is -0.496 e. The van der Waals surface area contributed by atoms with Crippen LogP contribution in [0.5, 0.6) is 5.75 Å². The highest BCUT2D eigenvalue weighted by Gasteiger charge is 2.24. The van der Waals surface area contributed by atoms with Gasteiger partial charge in [-0.3, -0.25) is 4.79 Å². The molecule has 1 fully saturated rings. The molecule has 1 aliphatic heterocycles. The molecule has 0 bridgehead atoms. The fourth-order valence-corrected chi connectivity index (χ4v) is 2.98. The maximum atomic E-state index is 12.7. The number of likely N-dealkylation sites (tertiary alicyclic amines) is 1. The quantitative estimate of drug-likeness (QED) is 0.880. The molecule has 1 aliphatic rings. The van der Waals surface area contributed by atoms with E-state index in [9.17, 15) is 4.79 Å². The molecule has 0 unspecified atom stereocenters. The van der Waals surface area contributed by atoms with Crippen LogP contribution in [-0.2, 0) is 0 Å². The van der Waals surface area contributed by atoms with Crippen molar-refractivity contribution in [1.29, 1.82) is 0 Å². The fraction of sp³-hybridized carbons (Fsp3) is 0.353. The summed E-state index contributed by atoms with van der Waals surface area (Å²) in [4.78, 5) is 17.8. The minimum absolute atomic E-state index is 0.0554. The largest absolute Gasteiger partial charge is 0.496 e. The number of ether oxygens (including phenoxy) is 1. The third-order valence-corrected chi connectivity index (χ3v) is 4.15. The molecule has 1 N–H and O–H groups in total. The molecular weight excluding hydrogens is 264 g/mol. The zero-order chi connectivity index (χ0) is 14.8. The van der Waals surface area contributed by atoms with E-state index in [-0.39, 0.29) is 5.91 Å². The van der Waals surface area contributed by atoms with Crippen molar-refractivity contribution in [2.24, 2.45) is 5.92 Å². The average molecular weight is 284 g/mol. The van der Waals surface area contributed by atoms with E-state index in [2.05, 4.69) is 11.6 Å². The van der Waals surface area contributed by atoms with Crippen LogP contribution in [0.25, 0.3) is 10.9 Å². The molecule has 1 amide bonds. The summed E-state index contributed by atoms with van der Waals surface area (Å²) in [5, 5.41) is 0.945. The number of methoxy groups -OCH3 is 1. The lowest BCUT2D eigenvalue weighted by Crippen LogP contribution is -2.39. The van der Waals surface area contributed by atoms with Crippen molar-refractivity contribution in [3.8, 4) is 5.75 Å². The third-order valence-electron chi connectivity index (χ3n) is 4.15. The Bertz CT molecular complexity index is 674. The van der Waals surface area contributed by atoms with Gasteiger partial charge in [-0.1, -0.05) is 12.1 Å². The number of hydrogen-bond acceptors (Lipinski definition) is 2. The van der Waals surface area contributed by atoms with E-state index in [1.165, 1.54) is 0 Å². The first-order chi connectivity index (χ1) is 10.2. The first kappa shape index (κ1) is 13.7. The van der Waals surface area contributed by atoms with Gasteiger partial charge >= 0.3 is 0 Å². The Morgan fingerprint density at radius 2 is 2.38 bits per heavy atom. The van der Waals surface area contributed by atoms with Gasteiger partial charge in [-0.25, -0.2) is 0 Å².